The summed E-state index contributed by atoms with van der Waals surface area (Å²) in [5, 5.41) is 0.138. The number of hydrogen-bond donors (Lipinski definition) is 2. The molecule has 2 aromatic rings. The molecule has 2 rings (SSSR count). The molecule has 0 aromatic carbocycles. The first-order valence-electron chi connectivity index (χ1n) is 3.64. The van der Waals surface area contributed by atoms with Crippen LogP contribution in [0.4, 0.5) is 5.95 Å². The molecule has 14 heavy (non-hydrogen) atoms. The molecule has 0 spiro atoms. The standard InChI is InChI=1S/C7H5ClN4O2/c8-4-3(1-2-14-4)5-10-6(9)12-7(13)11-5/h1-2H,(H3,9,10,11,12,13). The fraction of sp³-hybridized carbons (Fsp3) is 0. The van der Waals surface area contributed by atoms with Gasteiger partial charge < -0.3 is 10.2 Å². The third kappa shape index (κ3) is 1.47. The number of rotatable bonds is 1. The van der Waals surface area contributed by atoms with Gasteiger partial charge in [0.1, 0.15) is 5.82 Å². The quantitative estimate of drug-likeness (QED) is 0.724. The fourth-order valence-electron chi connectivity index (χ4n) is 0.991. The Morgan fingerprint density at radius 2 is 2.29 bits per heavy atom. The number of aromatic amines is 1. The number of furan rings is 1. The Kier molecular flexibility index (Phi) is 1.97. The highest BCUT2D eigenvalue weighted by molar-refractivity contribution is 6.31. The molecule has 0 unspecified atom stereocenters. The molecule has 0 aliphatic carbocycles. The molecule has 0 saturated heterocycles. The van der Waals surface area contributed by atoms with E-state index in [2.05, 4.69) is 15.0 Å². The normalized spacial score (nSPS) is 10.4. The minimum Gasteiger partial charge on any atom is -0.452 e. The highest BCUT2D eigenvalue weighted by Crippen LogP contribution is 2.25. The summed E-state index contributed by atoms with van der Waals surface area (Å²) in [6, 6.07) is 1.57. The van der Waals surface area contributed by atoms with Crippen LogP contribution in [0.25, 0.3) is 11.4 Å². The van der Waals surface area contributed by atoms with E-state index in [1.807, 2.05) is 0 Å². The van der Waals surface area contributed by atoms with E-state index in [4.69, 9.17) is 21.8 Å². The van der Waals surface area contributed by atoms with E-state index < -0.39 is 5.69 Å². The van der Waals surface area contributed by atoms with Crippen molar-refractivity contribution in [3.8, 4) is 11.4 Å². The third-order valence-electron chi connectivity index (χ3n) is 1.54. The van der Waals surface area contributed by atoms with Crippen LogP contribution in [0.15, 0.2) is 21.5 Å². The van der Waals surface area contributed by atoms with Gasteiger partial charge in [-0.05, 0) is 17.7 Å². The number of aromatic nitrogens is 3. The van der Waals surface area contributed by atoms with E-state index in [1.165, 1.54) is 6.26 Å². The molecule has 3 N–H and O–H groups in total. The maximum Gasteiger partial charge on any atom is 0.349 e. The first kappa shape index (κ1) is 8.76. The van der Waals surface area contributed by atoms with Gasteiger partial charge in [0.15, 0.2) is 0 Å². The summed E-state index contributed by atoms with van der Waals surface area (Å²) in [5.41, 5.74) is 5.19. The van der Waals surface area contributed by atoms with Crippen LogP contribution in [0, 0.1) is 0 Å². The molecule has 0 amide bonds. The Labute approximate surface area is 82.7 Å². The second-order valence-corrected chi connectivity index (χ2v) is 2.81. The van der Waals surface area contributed by atoms with Crippen molar-refractivity contribution in [3.05, 3.63) is 28.0 Å². The molecule has 0 bridgehead atoms. The number of anilines is 1. The lowest BCUT2D eigenvalue weighted by molar-refractivity contribution is 0.570. The molecule has 0 atom stereocenters. The lowest BCUT2D eigenvalue weighted by Gasteiger charge is -1.96. The zero-order chi connectivity index (χ0) is 10.1. The van der Waals surface area contributed by atoms with Gasteiger partial charge in [-0.1, -0.05) is 0 Å². The van der Waals surface area contributed by atoms with E-state index in [-0.39, 0.29) is 17.0 Å². The van der Waals surface area contributed by atoms with Crippen molar-refractivity contribution in [1.82, 2.24) is 15.0 Å². The Balaban J connectivity index is 2.63. The van der Waals surface area contributed by atoms with Crippen LogP contribution in [0.3, 0.4) is 0 Å². The lowest BCUT2D eigenvalue weighted by Crippen LogP contribution is -2.15. The number of nitrogens with zero attached hydrogens (tertiary/aromatic N) is 2. The molecule has 2 aromatic heterocycles. The molecule has 0 fully saturated rings. The number of nitrogens with two attached hydrogens (primary N) is 1. The van der Waals surface area contributed by atoms with Crippen molar-refractivity contribution < 1.29 is 4.42 Å². The maximum absolute atomic E-state index is 11.0. The first-order chi connectivity index (χ1) is 6.66. The maximum atomic E-state index is 11.0. The molecule has 72 valence electrons. The highest BCUT2D eigenvalue weighted by atomic mass is 35.5. The molecule has 0 aliphatic heterocycles. The molecule has 0 saturated carbocycles. The predicted octanol–water partition coefficient (Wildman–Crippen LogP) is 0.660. The number of nitrogen functional groups attached to an aromatic ring is 1. The molecular weight excluding hydrogens is 208 g/mol. The number of nitrogens with one attached hydrogen (secondary N) is 1. The van der Waals surface area contributed by atoms with Crippen molar-refractivity contribution in [2.45, 2.75) is 0 Å². The lowest BCUT2D eigenvalue weighted by atomic mass is 10.3. The van der Waals surface area contributed by atoms with Gasteiger partial charge in [0.05, 0.1) is 11.8 Å². The van der Waals surface area contributed by atoms with E-state index >= 15 is 0 Å². The summed E-state index contributed by atoms with van der Waals surface area (Å²) in [6.45, 7) is 0. The van der Waals surface area contributed by atoms with E-state index in [1.54, 1.807) is 6.07 Å². The van der Waals surface area contributed by atoms with Crippen LogP contribution >= 0.6 is 11.6 Å². The fourth-order valence-corrected chi connectivity index (χ4v) is 1.20. The minimum absolute atomic E-state index is 0.110. The summed E-state index contributed by atoms with van der Waals surface area (Å²) in [6.07, 6.45) is 1.38. The zero-order valence-corrected chi connectivity index (χ0v) is 7.58. The smallest absolute Gasteiger partial charge is 0.349 e. The van der Waals surface area contributed by atoms with Crippen molar-refractivity contribution in [2.24, 2.45) is 0 Å². The largest absolute Gasteiger partial charge is 0.452 e. The van der Waals surface area contributed by atoms with Crippen LogP contribution in [-0.4, -0.2) is 15.0 Å². The second-order valence-electron chi connectivity index (χ2n) is 2.47. The SMILES string of the molecule is Nc1nc(-c2ccoc2Cl)[nH]c(=O)n1. The van der Waals surface area contributed by atoms with Crippen LogP contribution in [0.2, 0.25) is 5.22 Å². The highest BCUT2D eigenvalue weighted by Gasteiger charge is 2.09. The average molecular weight is 213 g/mol. The van der Waals surface area contributed by atoms with Gasteiger partial charge in [0, 0.05) is 0 Å². The van der Waals surface area contributed by atoms with Crippen molar-refractivity contribution in [3.63, 3.8) is 0 Å². The van der Waals surface area contributed by atoms with Gasteiger partial charge >= 0.3 is 5.69 Å². The number of halogens is 1. The average Bonchev–Trinajstić information content (AvgIpc) is 2.49. The summed E-state index contributed by atoms with van der Waals surface area (Å²) in [5.74, 6) is 0.127. The topological polar surface area (TPSA) is 97.8 Å². The molecule has 7 heteroatoms. The van der Waals surface area contributed by atoms with Gasteiger partial charge in [-0.25, -0.2) is 4.79 Å². The summed E-state index contributed by atoms with van der Waals surface area (Å²) in [7, 11) is 0. The zero-order valence-electron chi connectivity index (χ0n) is 6.82. The van der Waals surface area contributed by atoms with Gasteiger partial charge in [-0.15, -0.1) is 0 Å². The number of hydrogen-bond acceptors (Lipinski definition) is 5. The predicted molar refractivity (Wildman–Crippen MR) is 49.8 cm³/mol. The molecule has 6 nitrogen and oxygen atoms in total. The van der Waals surface area contributed by atoms with E-state index in [0.717, 1.165) is 0 Å². The monoisotopic (exact) mass is 212 g/mol. The third-order valence-corrected chi connectivity index (χ3v) is 1.83. The van der Waals surface area contributed by atoms with Gasteiger partial charge in [-0.3, -0.25) is 4.98 Å². The van der Waals surface area contributed by atoms with Gasteiger partial charge in [-0.2, -0.15) is 9.97 Å². The first-order valence-corrected chi connectivity index (χ1v) is 4.02. The summed E-state index contributed by atoms with van der Waals surface area (Å²) in [4.78, 5) is 20.5. The van der Waals surface area contributed by atoms with Crippen LogP contribution in [0.5, 0.6) is 0 Å². The number of H-pyrrole nitrogens is 1. The van der Waals surface area contributed by atoms with Crippen molar-refractivity contribution >= 4 is 17.5 Å². The van der Waals surface area contributed by atoms with Crippen molar-refractivity contribution in [2.75, 3.05) is 5.73 Å². The second kappa shape index (κ2) is 3.15. The summed E-state index contributed by atoms with van der Waals surface area (Å²) >= 11 is 5.69. The van der Waals surface area contributed by atoms with Gasteiger partial charge in [0.25, 0.3) is 0 Å². The van der Waals surface area contributed by atoms with Gasteiger partial charge in [0.2, 0.25) is 11.2 Å². The Morgan fingerprint density at radius 3 is 2.86 bits per heavy atom. The Bertz CT molecular complexity index is 518. The van der Waals surface area contributed by atoms with E-state index in [9.17, 15) is 4.79 Å². The van der Waals surface area contributed by atoms with Crippen LogP contribution < -0.4 is 11.4 Å². The minimum atomic E-state index is -0.579. The van der Waals surface area contributed by atoms with Crippen molar-refractivity contribution in [1.29, 1.82) is 0 Å². The van der Waals surface area contributed by atoms with E-state index in [0.29, 0.717) is 5.56 Å². The van der Waals surface area contributed by atoms with Crippen LogP contribution in [-0.2, 0) is 0 Å². The Morgan fingerprint density at radius 1 is 1.50 bits per heavy atom. The molecular formula is C7H5ClN4O2. The Hall–Kier alpha value is -1.82. The summed E-state index contributed by atoms with van der Waals surface area (Å²) < 4.78 is 4.84. The molecule has 0 aliphatic rings. The molecule has 0 radical (unpaired) electrons. The molecule has 2 heterocycles. The van der Waals surface area contributed by atoms with Crippen LogP contribution in [0.1, 0.15) is 0 Å².